The van der Waals surface area contributed by atoms with Crippen molar-refractivity contribution in [3.8, 4) is 0 Å². The van der Waals surface area contributed by atoms with Crippen LogP contribution in [-0.4, -0.2) is 5.75 Å². The molecule has 0 bridgehead atoms. The maximum atomic E-state index is 4.23. The Kier molecular flexibility index (Phi) is 16.2. The van der Waals surface area contributed by atoms with Crippen LogP contribution in [0.3, 0.4) is 0 Å². The third-order valence-electron chi connectivity index (χ3n) is 3.17. The number of thiol groups is 1. The van der Waals surface area contributed by atoms with Gasteiger partial charge in [0, 0.05) is 0 Å². The molecule has 0 aliphatic rings. The summed E-state index contributed by atoms with van der Waals surface area (Å²) in [7, 11) is 0. The molecule has 102 valence electrons. The highest BCUT2D eigenvalue weighted by molar-refractivity contribution is 7.80. The summed E-state index contributed by atoms with van der Waals surface area (Å²) < 4.78 is 0. The van der Waals surface area contributed by atoms with Crippen LogP contribution in [-0.2, 0) is 0 Å². The fourth-order valence-corrected chi connectivity index (χ4v) is 2.22. The number of rotatable bonds is 13. The lowest BCUT2D eigenvalue weighted by atomic mass is 10.1. The summed E-state index contributed by atoms with van der Waals surface area (Å²) in [5, 5.41) is 0. The van der Waals surface area contributed by atoms with E-state index in [4.69, 9.17) is 0 Å². The van der Waals surface area contributed by atoms with Crippen LogP contribution in [0.1, 0.15) is 84.0 Å². The smallest absolute Gasteiger partial charge is 0.00979 e. The lowest BCUT2D eigenvalue weighted by Gasteiger charge is -2.00. The Morgan fingerprint density at radius 1 is 0.647 bits per heavy atom. The molecule has 0 nitrogen and oxygen atoms in total. The highest BCUT2D eigenvalue weighted by atomic mass is 32.1. The minimum absolute atomic E-state index is 1.06. The molecule has 17 heavy (non-hydrogen) atoms. The predicted octanol–water partition coefficient (Wildman–Crippen LogP) is 6.17. The summed E-state index contributed by atoms with van der Waals surface area (Å²) >= 11 is 4.23. The van der Waals surface area contributed by atoms with Crippen LogP contribution < -0.4 is 0 Å². The highest BCUT2D eigenvalue weighted by Crippen LogP contribution is 2.10. The Morgan fingerprint density at radius 3 is 1.65 bits per heavy atom. The molecule has 0 saturated heterocycles. The predicted molar refractivity (Wildman–Crippen MR) is 84.1 cm³/mol. The summed E-state index contributed by atoms with van der Waals surface area (Å²) in [6, 6.07) is 0. The van der Waals surface area contributed by atoms with Gasteiger partial charge in [0.25, 0.3) is 0 Å². The van der Waals surface area contributed by atoms with Gasteiger partial charge in [0.05, 0.1) is 0 Å². The molecule has 0 spiro atoms. The second kappa shape index (κ2) is 16.1. The van der Waals surface area contributed by atoms with E-state index in [0.717, 1.165) is 5.75 Å². The van der Waals surface area contributed by atoms with E-state index >= 15 is 0 Å². The van der Waals surface area contributed by atoms with E-state index in [1.165, 1.54) is 77.0 Å². The molecule has 0 aromatic heterocycles. The van der Waals surface area contributed by atoms with E-state index in [9.17, 15) is 0 Å². The lowest BCUT2D eigenvalue weighted by Crippen LogP contribution is -1.81. The van der Waals surface area contributed by atoms with Crippen LogP contribution in [0.2, 0.25) is 0 Å². The van der Waals surface area contributed by atoms with Crippen molar-refractivity contribution in [2.45, 2.75) is 84.0 Å². The van der Waals surface area contributed by atoms with Crippen LogP contribution in [0.15, 0.2) is 12.2 Å². The Bertz CT molecular complexity index is 152. The molecule has 0 amide bonds. The topological polar surface area (TPSA) is 0 Å². The third kappa shape index (κ3) is 16.1. The van der Waals surface area contributed by atoms with Gasteiger partial charge >= 0.3 is 0 Å². The minimum atomic E-state index is 1.06. The molecule has 0 aliphatic heterocycles. The lowest BCUT2D eigenvalue weighted by molar-refractivity contribution is 0.578. The fourth-order valence-electron chi connectivity index (χ4n) is 1.99. The second-order valence-electron chi connectivity index (χ2n) is 4.95. The van der Waals surface area contributed by atoms with Gasteiger partial charge in [0.15, 0.2) is 0 Å². The molecule has 1 heteroatoms. The largest absolute Gasteiger partial charge is 0.179 e. The first-order valence-electron chi connectivity index (χ1n) is 7.67. The van der Waals surface area contributed by atoms with Crippen molar-refractivity contribution in [2.75, 3.05) is 5.75 Å². The maximum absolute atomic E-state index is 4.23. The average Bonchev–Trinajstić information content (AvgIpc) is 2.35. The van der Waals surface area contributed by atoms with Crippen molar-refractivity contribution in [2.24, 2.45) is 0 Å². The zero-order valence-corrected chi connectivity index (χ0v) is 12.7. The van der Waals surface area contributed by atoms with E-state index in [-0.39, 0.29) is 0 Å². The SMILES string of the molecule is CCCC/C=C/CCCCCCCCCCS. The zero-order chi connectivity index (χ0) is 12.6. The van der Waals surface area contributed by atoms with E-state index < -0.39 is 0 Å². The molecule has 0 rings (SSSR count). The van der Waals surface area contributed by atoms with Gasteiger partial charge in [-0.05, 0) is 31.4 Å². The van der Waals surface area contributed by atoms with Gasteiger partial charge in [0.1, 0.15) is 0 Å². The van der Waals surface area contributed by atoms with Gasteiger partial charge in [-0.25, -0.2) is 0 Å². The first-order valence-corrected chi connectivity index (χ1v) is 8.31. The summed E-state index contributed by atoms with van der Waals surface area (Å²) in [5.41, 5.74) is 0. The fraction of sp³-hybridized carbons (Fsp3) is 0.875. The number of unbranched alkanes of at least 4 members (excludes halogenated alkanes) is 10. The van der Waals surface area contributed by atoms with Gasteiger partial charge in [-0.2, -0.15) is 12.6 Å². The molecule has 0 fully saturated rings. The Hall–Kier alpha value is 0.0900. The van der Waals surface area contributed by atoms with Crippen molar-refractivity contribution < 1.29 is 0 Å². The molecular formula is C16H32S. The van der Waals surface area contributed by atoms with Crippen LogP contribution in [0.4, 0.5) is 0 Å². The van der Waals surface area contributed by atoms with Crippen LogP contribution in [0, 0.1) is 0 Å². The minimum Gasteiger partial charge on any atom is -0.179 e. The molecule has 0 aliphatic carbocycles. The first kappa shape index (κ1) is 17.1. The van der Waals surface area contributed by atoms with Gasteiger partial charge in [-0.15, -0.1) is 0 Å². The summed E-state index contributed by atoms with van der Waals surface area (Å²) in [6.07, 6.45) is 21.2. The van der Waals surface area contributed by atoms with Crippen LogP contribution >= 0.6 is 12.6 Å². The Morgan fingerprint density at radius 2 is 1.12 bits per heavy atom. The number of hydrogen-bond acceptors (Lipinski definition) is 1. The molecule has 0 unspecified atom stereocenters. The second-order valence-corrected chi connectivity index (χ2v) is 5.40. The standard InChI is InChI=1S/C16H32S/c1-2-3-4-5-6-7-8-9-10-11-12-13-14-15-16-17/h5-6,17H,2-4,7-16H2,1H3/b6-5+. The molecule has 0 N–H and O–H groups in total. The van der Waals surface area contributed by atoms with Crippen molar-refractivity contribution in [1.29, 1.82) is 0 Å². The average molecular weight is 256 g/mol. The van der Waals surface area contributed by atoms with Crippen molar-refractivity contribution in [3.05, 3.63) is 12.2 Å². The van der Waals surface area contributed by atoms with Crippen molar-refractivity contribution in [3.63, 3.8) is 0 Å². The monoisotopic (exact) mass is 256 g/mol. The van der Waals surface area contributed by atoms with Crippen molar-refractivity contribution in [1.82, 2.24) is 0 Å². The zero-order valence-electron chi connectivity index (χ0n) is 11.8. The summed E-state index contributed by atoms with van der Waals surface area (Å²) in [6.45, 7) is 2.25. The van der Waals surface area contributed by atoms with E-state index in [1.54, 1.807) is 0 Å². The number of hydrogen-bond donors (Lipinski definition) is 1. The Balaban J connectivity index is 2.96. The number of allylic oxidation sites excluding steroid dienone is 2. The molecule has 0 atom stereocenters. The Labute approximate surface area is 115 Å². The van der Waals surface area contributed by atoms with Crippen LogP contribution in [0.5, 0.6) is 0 Å². The van der Waals surface area contributed by atoms with E-state index in [1.807, 2.05) is 0 Å². The van der Waals surface area contributed by atoms with Crippen LogP contribution in [0.25, 0.3) is 0 Å². The summed E-state index contributed by atoms with van der Waals surface area (Å²) in [4.78, 5) is 0. The van der Waals surface area contributed by atoms with Gasteiger partial charge < -0.3 is 0 Å². The van der Waals surface area contributed by atoms with Gasteiger partial charge in [-0.3, -0.25) is 0 Å². The van der Waals surface area contributed by atoms with E-state index in [2.05, 4.69) is 31.7 Å². The molecule has 0 saturated carbocycles. The maximum Gasteiger partial charge on any atom is -0.00979 e. The van der Waals surface area contributed by atoms with Gasteiger partial charge in [0.2, 0.25) is 0 Å². The van der Waals surface area contributed by atoms with Gasteiger partial charge in [-0.1, -0.05) is 70.4 Å². The van der Waals surface area contributed by atoms with Crippen molar-refractivity contribution >= 4 is 12.6 Å². The quantitative estimate of drug-likeness (QED) is 0.227. The third-order valence-corrected chi connectivity index (χ3v) is 3.49. The molecule has 0 aromatic rings. The molecular weight excluding hydrogens is 224 g/mol. The molecule has 0 aromatic carbocycles. The molecule has 0 heterocycles. The van der Waals surface area contributed by atoms with E-state index in [0.29, 0.717) is 0 Å². The first-order chi connectivity index (χ1) is 8.41. The summed E-state index contributed by atoms with van der Waals surface area (Å²) in [5.74, 6) is 1.06. The normalized spacial score (nSPS) is 11.4. The molecule has 0 radical (unpaired) electrons. The highest BCUT2D eigenvalue weighted by Gasteiger charge is 1.91.